The number of hydrogen-bond donors (Lipinski definition) is 0. The van der Waals surface area contributed by atoms with Crippen LogP contribution >= 0.6 is 0 Å². The van der Waals surface area contributed by atoms with Crippen LogP contribution in [-0.4, -0.2) is 30.4 Å². The molecular formula is C57H38N6. The van der Waals surface area contributed by atoms with Crippen LogP contribution in [-0.2, 0) is 0 Å². The van der Waals surface area contributed by atoms with Crippen molar-refractivity contribution in [1.82, 2.24) is 24.3 Å². The van der Waals surface area contributed by atoms with E-state index >= 15 is 0 Å². The third kappa shape index (κ3) is 5.69. The van der Waals surface area contributed by atoms with E-state index in [1.54, 1.807) is 0 Å². The Bertz CT molecular complexity index is 3680. The normalized spacial score (nSPS) is 15.9. The molecule has 2 unspecified atom stereocenters. The third-order valence-corrected chi connectivity index (χ3v) is 12.9. The number of nitrogens with zero attached hydrogens (tertiary/aromatic N) is 6. The lowest BCUT2D eigenvalue weighted by atomic mass is 9.89. The quantitative estimate of drug-likeness (QED) is 0.168. The molecule has 0 N–H and O–H groups in total. The minimum absolute atomic E-state index is 0.242. The molecule has 4 heterocycles. The maximum atomic E-state index is 5.54. The first-order valence-electron chi connectivity index (χ1n) is 21.5. The molecule has 1 aliphatic heterocycles. The lowest BCUT2D eigenvalue weighted by molar-refractivity contribution is 0.705. The van der Waals surface area contributed by atoms with E-state index in [0.717, 1.165) is 66.1 Å². The maximum Gasteiger partial charge on any atom is 0.235 e. The Morgan fingerprint density at radius 3 is 2.06 bits per heavy atom. The molecule has 8 aromatic carbocycles. The van der Waals surface area contributed by atoms with Crippen LogP contribution in [0, 0.1) is 5.92 Å². The highest BCUT2D eigenvalue weighted by Gasteiger charge is 2.30. The van der Waals surface area contributed by atoms with E-state index in [1.807, 2.05) is 16.9 Å². The molecule has 0 spiro atoms. The molecule has 6 nitrogen and oxygen atoms in total. The van der Waals surface area contributed by atoms with Crippen molar-refractivity contribution >= 4 is 65.6 Å². The van der Waals surface area contributed by atoms with Crippen molar-refractivity contribution < 1.29 is 0 Å². The molecule has 63 heavy (non-hydrogen) atoms. The largest absolute Gasteiger partial charge is 0.340 e. The Kier molecular flexibility index (Phi) is 7.93. The van der Waals surface area contributed by atoms with Crippen LogP contribution in [0.4, 0.5) is 5.69 Å². The van der Waals surface area contributed by atoms with Gasteiger partial charge in [-0.05, 0) is 81.6 Å². The van der Waals surface area contributed by atoms with Crippen LogP contribution < -0.4 is 4.90 Å². The number of hydrogen-bond acceptors (Lipinski definition) is 4. The first-order valence-corrected chi connectivity index (χ1v) is 21.5. The number of allylic oxidation sites excluding steroid dienone is 2. The predicted molar refractivity (Wildman–Crippen MR) is 259 cm³/mol. The number of benzene rings is 8. The number of rotatable bonds is 6. The zero-order chi connectivity index (χ0) is 41.4. The van der Waals surface area contributed by atoms with Gasteiger partial charge in [-0.3, -0.25) is 4.57 Å². The Balaban J connectivity index is 1.00. The zero-order valence-corrected chi connectivity index (χ0v) is 34.1. The highest BCUT2D eigenvalue weighted by atomic mass is 15.3. The van der Waals surface area contributed by atoms with Gasteiger partial charge in [0.15, 0.2) is 0 Å². The first-order chi connectivity index (χ1) is 31.2. The van der Waals surface area contributed by atoms with Gasteiger partial charge < -0.3 is 4.90 Å². The summed E-state index contributed by atoms with van der Waals surface area (Å²) in [6.07, 6.45) is 13.6. The van der Waals surface area contributed by atoms with Gasteiger partial charge in [0.05, 0.1) is 45.7 Å². The molecule has 296 valence electrons. The van der Waals surface area contributed by atoms with Crippen molar-refractivity contribution in [2.75, 3.05) is 4.90 Å². The van der Waals surface area contributed by atoms with Gasteiger partial charge in [0.25, 0.3) is 0 Å². The molecule has 11 aromatic rings. The average Bonchev–Trinajstić information content (AvgIpc) is 4.08. The van der Waals surface area contributed by atoms with Crippen molar-refractivity contribution in [3.8, 4) is 34.0 Å². The minimum atomic E-state index is 0.242. The predicted octanol–water partition coefficient (Wildman–Crippen LogP) is 13.5. The van der Waals surface area contributed by atoms with Gasteiger partial charge in [0.2, 0.25) is 5.95 Å². The molecule has 1 aliphatic carbocycles. The molecule has 0 fully saturated rings. The van der Waals surface area contributed by atoms with Crippen LogP contribution in [0.3, 0.4) is 0 Å². The SMILES string of the molecule is C1=CC2C(C=CN2c2ccccc2)C=C1c1ccc2c3ccc4c(cnn4-c4ccccc4)c3n(-c3nc(-c4ccc(-c5cccc6ccccc56)cc4)c4ccccc4n3)c2c1. The lowest BCUT2D eigenvalue weighted by Crippen LogP contribution is -2.30. The topological polar surface area (TPSA) is 51.8 Å². The molecule has 0 amide bonds. The second-order valence-corrected chi connectivity index (χ2v) is 16.5. The second-order valence-electron chi connectivity index (χ2n) is 16.5. The van der Waals surface area contributed by atoms with Crippen LogP contribution in [0.15, 0.2) is 219 Å². The first kappa shape index (κ1) is 35.4. The Morgan fingerprint density at radius 1 is 0.492 bits per heavy atom. The van der Waals surface area contributed by atoms with E-state index in [9.17, 15) is 0 Å². The fourth-order valence-corrected chi connectivity index (χ4v) is 9.92. The molecule has 13 rings (SSSR count). The summed E-state index contributed by atoms with van der Waals surface area (Å²) in [4.78, 5) is 13.3. The van der Waals surface area contributed by atoms with Gasteiger partial charge in [-0.2, -0.15) is 5.10 Å². The summed E-state index contributed by atoms with van der Waals surface area (Å²) in [7, 11) is 0. The number of fused-ring (bicyclic) bond motifs is 8. The second kappa shape index (κ2) is 14.1. The van der Waals surface area contributed by atoms with Crippen LogP contribution in [0.25, 0.3) is 94.0 Å². The summed E-state index contributed by atoms with van der Waals surface area (Å²) < 4.78 is 4.30. The van der Waals surface area contributed by atoms with Crippen LogP contribution in [0.5, 0.6) is 0 Å². The van der Waals surface area contributed by atoms with Gasteiger partial charge in [-0.1, -0.05) is 158 Å². The van der Waals surface area contributed by atoms with E-state index in [4.69, 9.17) is 15.1 Å². The monoisotopic (exact) mass is 806 g/mol. The van der Waals surface area contributed by atoms with Crippen molar-refractivity contribution in [1.29, 1.82) is 0 Å². The molecular weight excluding hydrogens is 769 g/mol. The number of anilines is 1. The van der Waals surface area contributed by atoms with E-state index in [-0.39, 0.29) is 12.0 Å². The van der Waals surface area contributed by atoms with E-state index in [2.05, 4.69) is 216 Å². The van der Waals surface area contributed by atoms with Gasteiger partial charge in [-0.15, -0.1) is 0 Å². The summed E-state index contributed by atoms with van der Waals surface area (Å²) in [6, 6.07) is 64.8. The summed E-state index contributed by atoms with van der Waals surface area (Å²) in [6.45, 7) is 0. The molecule has 2 aliphatic rings. The lowest BCUT2D eigenvalue weighted by Gasteiger charge is -2.29. The van der Waals surface area contributed by atoms with Gasteiger partial charge in [0, 0.05) is 44.9 Å². The maximum absolute atomic E-state index is 5.54. The van der Waals surface area contributed by atoms with E-state index in [1.165, 1.54) is 33.2 Å². The van der Waals surface area contributed by atoms with Gasteiger partial charge in [0.1, 0.15) is 0 Å². The van der Waals surface area contributed by atoms with E-state index in [0.29, 0.717) is 5.95 Å². The van der Waals surface area contributed by atoms with Crippen molar-refractivity contribution in [2.45, 2.75) is 6.04 Å². The molecule has 0 saturated heterocycles. The zero-order valence-electron chi connectivity index (χ0n) is 34.1. The van der Waals surface area contributed by atoms with Crippen LogP contribution in [0.1, 0.15) is 5.56 Å². The highest BCUT2D eigenvalue weighted by Crippen LogP contribution is 2.41. The van der Waals surface area contributed by atoms with Crippen molar-refractivity contribution in [2.24, 2.45) is 5.92 Å². The fourth-order valence-electron chi connectivity index (χ4n) is 9.92. The molecule has 6 heteroatoms. The summed E-state index contributed by atoms with van der Waals surface area (Å²) in [5.41, 5.74) is 12.8. The third-order valence-electron chi connectivity index (χ3n) is 12.9. The molecule has 3 aromatic heterocycles. The fraction of sp³-hybridized carbons (Fsp3) is 0.0351. The van der Waals surface area contributed by atoms with Gasteiger partial charge in [-0.25, -0.2) is 14.6 Å². The van der Waals surface area contributed by atoms with E-state index < -0.39 is 0 Å². The Morgan fingerprint density at radius 2 is 1.21 bits per heavy atom. The standard InChI is InChI=1S/C57H38N6/c1-3-14-43(15-4-1)61-33-32-42-34-40(27-30-52(42)61)41-26-28-47-48-29-31-53-50(36-58-63(53)44-16-5-2-6-17-44)56(48)62(54(47)35-41)57-59-51-21-10-9-19-49(51)55(60-57)39-24-22-38(23-25-39)46-20-11-13-37-12-7-8-18-45(37)46/h1-36,42,52H. The highest BCUT2D eigenvalue weighted by molar-refractivity contribution is 6.18. The number of aromatic nitrogens is 5. The van der Waals surface area contributed by atoms with Crippen LogP contribution in [0.2, 0.25) is 0 Å². The van der Waals surface area contributed by atoms with Crippen molar-refractivity contribution in [3.63, 3.8) is 0 Å². The molecule has 0 radical (unpaired) electrons. The Labute approximate surface area is 363 Å². The average molecular weight is 807 g/mol. The minimum Gasteiger partial charge on any atom is -0.340 e. The summed E-state index contributed by atoms with van der Waals surface area (Å²) >= 11 is 0. The molecule has 0 bridgehead atoms. The number of para-hydroxylation sites is 3. The molecule has 0 saturated carbocycles. The Hall–Kier alpha value is -8.35. The van der Waals surface area contributed by atoms with Crippen molar-refractivity contribution in [3.05, 3.63) is 224 Å². The smallest absolute Gasteiger partial charge is 0.235 e. The summed E-state index contributed by atoms with van der Waals surface area (Å²) in [5, 5.41) is 11.7. The summed E-state index contributed by atoms with van der Waals surface area (Å²) in [5.74, 6) is 0.873. The van der Waals surface area contributed by atoms with Gasteiger partial charge >= 0.3 is 0 Å². The molecule has 2 atom stereocenters.